The van der Waals surface area contributed by atoms with E-state index in [1.807, 2.05) is 42.9 Å². The second kappa shape index (κ2) is 7.88. The highest BCUT2D eigenvalue weighted by Crippen LogP contribution is 2.28. The van der Waals surface area contributed by atoms with Crippen molar-refractivity contribution >= 4 is 28.3 Å². The highest BCUT2D eigenvalue weighted by Gasteiger charge is 2.35. The fraction of sp³-hybridized carbons (Fsp3) is 0.632. The number of alkyl carbamates (subject to hydrolysis) is 1. The van der Waals surface area contributed by atoms with Gasteiger partial charge in [-0.2, -0.15) is 0 Å². The standard InChI is InChI=1S/C19H28N4O3S/c1-18(2,3)26-17(25)22-19(7-5-4-6-8-19)13-20-15(24)11-14-12-23-9-10-27-16(23)21-14/h9-10,12H,4-8,11,13H2,1-3H3,(H,20,24)(H,22,25). The number of imidazole rings is 1. The van der Waals surface area contributed by atoms with E-state index in [-0.39, 0.29) is 12.3 Å². The number of thiazole rings is 1. The molecule has 1 fully saturated rings. The molecule has 0 saturated heterocycles. The van der Waals surface area contributed by atoms with Gasteiger partial charge in [0.1, 0.15) is 5.60 Å². The SMILES string of the molecule is CC(C)(C)OC(=O)NC1(CNC(=O)Cc2cn3ccsc3n2)CCCCC1. The van der Waals surface area contributed by atoms with Crippen molar-refractivity contribution in [3.05, 3.63) is 23.5 Å². The zero-order valence-corrected chi connectivity index (χ0v) is 17.0. The lowest BCUT2D eigenvalue weighted by molar-refractivity contribution is -0.120. The van der Waals surface area contributed by atoms with Crippen molar-refractivity contribution in [2.24, 2.45) is 0 Å². The molecule has 2 N–H and O–H groups in total. The highest BCUT2D eigenvalue weighted by molar-refractivity contribution is 7.15. The molecule has 0 spiro atoms. The third-order valence-electron chi connectivity index (χ3n) is 4.69. The summed E-state index contributed by atoms with van der Waals surface area (Å²) in [6.45, 7) is 5.94. The smallest absolute Gasteiger partial charge is 0.408 e. The fourth-order valence-corrected chi connectivity index (χ4v) is 4.17. The number of nitrogens with zero attached hydrogens (tertiary/aromatic N) is 2. The van der Waals surface area contributed by atoms with E-state index in [1.165, 1.54) is 0 Å². The Kier molecular flexibility index (Phi) is 5.74. The first-order valence-corrected chi connectivity index (χ1v) is 10.3. The Morgan fingerprint density at radius 2 is 2.04 bits per heavy atom. The molecule has 2 amide bonds. The van der Waals surface area contributed by atoms with Gasteiger partial charge in [-0.3, -0.25) is 9.20 Å². The largest absolute Gasteiger partial charge is 0.444 e. The Morgan fingerprint density at radius 1 is 1.30 bits per heavy atom. The zero-order valence-electron chi connectivity index (χ0n) is 16.2. The predicted molar refractivity (Wildman–Crippen MR) is 105 cm³/mol. The average Bonchev–Trinajstić information content (AvgIpc) is 3.13. The summed E-state index contributed by atoms with van der Waals surface area (Å²) in [5.74, 6) is -0.0864. The number of carbonyl (C=O) groups is 2. The Hall–Kier alpha value is -2.09. The van der Waals surface area contributed by atoms with Gasteiger partial charge in [0.05, 0.1) is 17.7 Å². The molecule has 27 heavy (non-hydrogen) atoms. The summed E-state index contributed by atoms with van der Waals surface area (Å²) in [4.78, 5) is 30.0. The van der Waals surface area contributed by atoms with Crippen LogP contribution in [0.15, 0.2) is 17.8 Å². The number of hydrogen-bond acceptors (Lipinski definition) is 5. The van der Waals surface area contributed by atoms with Gasteiger partial charge in [-0.15, -0.1) is 11.3 Å². The molecule has 148 valence electrons. The molecule has 2 aromatic heterocycles. The van der Waals surface area contributed by atoms with E-state index in [0.717, 1.165) is 42.8 Å². The molecule has 0 aromatic carbocycles. The van der Waals surface area contributed by atoms with E-state index >= 15 is 0 Å². The Bertz CT molecular complexity index is 771. The number of carbonyl (C=O) groups excluding carboxylic acids is 2. The van der Waals surface area contributed by atoms with Crippen LogP contribution in [0.4, 0.5) is 4.79 Å². The second-order valence-corrected chi connectivity index (χ2v) is 9.12. The lowest BCUT2D eigenvalue weighted by Gasteiger charge is -2.38. The maximum Gasteiger partial charge on any atom is 0.408 e. The van der Waals surface area contributed by atoms with E-state index < -0.39 is 17.2 Å². The maximum absolute atomic E-state index is 12.4. The maximum atomic E-state index is 12.4. The first-order valence-electron chi connectivity index (χ1n) is 9.44. The first kappa shape index (κ1) is 19.7. The van der Waals surface area contributed by atoms with Crippen LogP contribution < -0.4 is 10.6 Å². The minimum atomic E-state index is -0.544. The van der Waals surface area contributed by atoms with Crippen LogP contribution in [-0.4, -0.2) is 39.1 Å². The van der Waals surface area contributed by atoms with Crippen molar-refractivity contribution in [2.75, 3.05) is 6.54 Å². The van der Waals surface area contributed by atoms with Crippen LogP contribution in [0.25, 0.3) is 4.96 Å². The van der Waals surface area contributed by atoms with Gasteiger partial charge in [0.2, 0.25) is 5.91 Å². The lowest BCUT2D eigenvalue weighted by atomic mass is 9.81. The van der Waals surface area contributed by atoms with Gasteiger partial charge in [-0.05, 0) is 33.6 Å². The van der Waals surface area contributed by atoms with Crippen LogP contribution in [0.2, 0.25) is 0 Å². The number of hydrogen-bond donors (Lipinski definition) is 2. The fourth-order valence-electron chi connectivity index (χ4n) is 3.45. The topological polar surface area (TPSA) is 84.7 Å². The summed E-state index contributed by atoms with van der Waals surface area (Å²) in [6, 6.07) is 0. The summed E-state index contributed by atoms with van der Waals surface area (Å²) >= 11 is 1.54. The molecule has 3 rings (SSSR count). The van der Waals surface area contributed by atoms with E-state index in [9.17, 15) is 9.59 Å². The van der Waals surface area contributed by atoms with Gasteiger partial charge in [0.25, 0.3) is 0 Å². The quantitative estimate of drug-likeness (QED) is 0.818. The molecule has 0 radical (unpaired) electrons. The van der Waals surface area contributed by atoms with Crippen LogP contribution in [0, 0.1) is 0 Å². The summed E-state index contributed by atoms with van der Waals surface area (Å²) in [6.07, 6.45) is 8.50. The van der Waals surface area contributed by atoms with Crippen molar-refractivity contribution in [1.29, 1.82) is 0 Å². The van der Waals surface area contributed by atoms with Crippen LogP contribution in [0.1, 0.15) is 58.6 Å². The second-order valence-electron chi connectivity index (χ2n) is 8.25. The van der Waals surface area contributed by atoms with Gasteiger partial charge in [0, 0.05) is 24.3 Å². The third kappa shape index (κ3) is 5.45. The van der Waals surface area contributed by atoms with Crippen molar-refractivity contribution in [2.45, 2.75) is 70.4 Å². The molecule has 0 atom stereocenters. The molecule has 0 aliphatic heterocycles. The molecule has 7 nitrogen and oxygen atoms in total. The molecule has 1 saturated carbocycles. The van der Waals surface area contributed by atoms with Gasteiger partial charge >= 0.3 is 6.09 Å². The molecule has 2 heterocycles. The van der Waals surface area contributed by atoms with Crippen molar-refractivity contribution in [3.8, 4) is 0 Å². The van der Waals surface area contributed by atoms with E-state index in [2.05, 4.69) is 15.6 Å². The summed E-state index contributed by atoms with van der Waals surface area (Å²) in [5.41, 5.74) is -0.237. The Morgan fingerprint density at radius 3 is 2.70 bits per heavy atom. The molecule has 1 aliphatic rings. The predicted octanol–water partition coefficient (Wildman–Crippen LogP) is 3.28. The summed E-state index contributed by atoms with van der Waals surface area (Å²) in [5, 5.41) is 7.98. The number of nitrogens with one attached hydrogen (secondary N) is 2. The van der Waals surface area contributed by atoms with Crippen LogP contribution in [0.5, 0.6) is 0 Å². The van der Waals surface area contributed by atoms with Gasteiger partial charge in [-0.25, -0.2) is 9.78 Å². The normalized spacial score (nSPS) is 16.9. The van der Waals surface area contributed by atoms with Crippen molar-refractivity contribution < 1.29 is 14.3 Å². The molecular weight excluding hydrogens is 364 g/mol. The molecule has 0 unspecified atom stereocenters. The highest BCUT2D eigenvalue weighted by atomic mass is 32.1. The minimum Gasteiger partial charge on any atom is -0.444 e. The number of fused-ring (bicyclic) bond motifs is 1. The third-order valence-corrected chi connectivity index (χ3v) is 5.46. The number of aromatic nitrogens is 2. The number of ether oxygens (including phenoxy) is 1. The molecule has 2 aromatic rings. The summed E-state index contributed by atoms with van der Waals surface area (Å²) in [7, 11) is 0. The van der Waals surface area contributed by atoms with E-state index in [1.54, 1.807) is 11.3 Å². The zero-order chi connectivity index (χ0) is 19.5. The Balaban J connectivity index is 1.57. The van der Waals surface area contributed by atoms with Crippen molar-refractivity contribution in [3.63, 3.8) is 0 Å². The average molecular weight is 393 g/mol. The van der Waals surface area contributed by atoms with Crippen LogP contribution in [0.3, 0.4) is 0 Å². The minimum absolute atomic E-state index is 0.0864. The van der Waals surface area contributed by atoms with Crippen LogP contribution in [-0.2, 0) is 16.0 Å². The van der Waals surface area contributed by atoms with Gasteiger partial charge in [-0.1, -0.05) is 19.3 Å². The van der Waals surface area contributed by atoms with Gasteiger partial charge in [0.15, 0.2) is 4.96 Å². The molecule has 8 heteroatoms. The van der Waals surface area contributed by atoms with E-state index in [0.29, 0.717) is 6.54 Å². The summed E-state index contributed by atoms with van der Waals surface area (Å²) < 4.78 is 7.34. The monoisotopic (exact) mass is 392 g/mol. The number of amides is 2. The molecule has 1 aliphatic carbocycles. The lowest BCUT2D eigenvalue weighted by Crippen LogP contribution is -2.57. The molecule has 0 bridgehead atoms. The molecular formula is C19H28N4O3S. The van der Waals surface area contributed by atoms with Crippen molar-refractivity contribution in [1.82, 2.24) is 20.0 Å². The Labute approximate surface area is 163 Å². The van der Waals surface area contributed by atoms with E-state index in [4.69, 9.17) is 4.74 Å². The first-order chi connectivity index (χ1) is 12.7. The van der Waals surface area contributed by atoms with Crippen LogP contribution >= 0.6 is 11.3 Å². The van der Waals surface area contributed by atoms with Gasteiger partial charge < -0.3 is 15.4 Å². The number of rotatable bonds is 5.